The van der Waals surface area contributed by atoms with E-state index < -0.39 is 0 Å². The van der Waals surface area contributed by atoms with Crippen molar-refractivity contribution in [3.05, 3.63) is 36.3 Å². The van der Waals surface area contributed by atoms with E-state index in [2.05, 4.69) is 15.2 Å². The van der Waals surface area contributed by atoms with Crippen molar-refractivity contribution in [2.24, 2.45) is 0 Å². The van der Waals surface area contributed by atoms with Crippen LogP contribution >= 0.6 is 0 Å². The van der Waals surface area contributed by atoms with Crippen LogP contribution in [0.15, 0.2) is 30.6 Å². The highest BCUT2D eigenvalue weighted by Crippen LogP contribution is 2.16. The van der Waals surface area contributed by atoms with Crippen molar-refractivity contribution in [2.75, 3.05) is 0 Å². The number of hydrogen-bond donors (Lipinski definition) is 1. The van der Waals surface area contributed by atoms with E-state index in [1.165, 1.54) is 0 Å². The molecule has 0 saturated carbocycles. The number of nitrogens with zero attached hydrogens (tertiary/aromatic N) is 2. The Hall–Kier alpha value is -1.97. The van der Waals surface area contributed by atoms with E-state index >= 15 is 0 Å². The molecular weight excluding hydrogens is 190 g/mol. The Kier molecular flexibility index (Phi) is 2.58. The summed E-state index contributed by atoms with van der Waals surface area (Å²) in [7, 11) is 0. The average molecular weight is 201 g/mol. The van der Waals surface area contributed by atoms with Crippen LogP contribution in [0, 0.1) is 0 Å². The van der Waals surface area contributed by atoms with Gasteiger partial charge in [-0.3, -0.25) is 14.9 Å². The topological polar surface area (TPSA) is 58.6 Å². The van der Waals surface area contributed by atoms with Gasteiger partial charge in [0, 0.05) is 24.4 Å². The summed E-state index contributed by atoms with van der Waals surface area (Å²) in [5.41, 5.74) is 2.21. The molecule has 0 radical (unpaired) electrons. The van der Waals surface area contributed by atoms with E-state index in [1.54, 1.807) is 18.5 Å². The van der Waals surface area contributed by atoms with E-state index in [1.807, 2.05) is 19.1 Å². The van der Waals surface area contributed by atoms with Gasteiger partial charge in [-0.05, 0) is 18.2 Å². The molecule has 4 nitrogen and oxygen atoms in total. The van der Waals surface area contributed by atoms with Gasteiger partial charge in [-0.1, -0.05) is 6.92 Å². The van der Waals surface area contributed by atoms with Gasteiger partial charge in [0.05, 0.1) is 5.69 Å². The second-order valence-electron chi connectivity index (χ2n) is 3.19. The van der Waals surface area contributed by atoms with Crippen LogP contribution < -0.4 is 0 Å². The van der Waals surface area contributed by atoms with Crippen LogP contribution in [0.2, 0.25) is 0 Å². The summed E-state index contributed by atoms with van der Waals surface area (Å²) in [5.74, 6) is 0.0673. The van der Waals surface area contributed by atoms with Crippen LogP contribution in [-0.4, -0.2) is 21.0 Å². The molecule has 0 aliphatic rings. The molecule has 0 spiro atoms. The molecule has 76 valence electrons. The Morgan fingerprint density at radius 2 is 2.40 bits per heavy atom. The Labute approximate surface area is 87.4 Å². The van der Waals surface area contributed by atoms with Crippen molar-refractivity contribution in [2.45, 2.75) is 13.3 Å². The van der Waals surface area contributed by atoms with Crippen molar-refractivity contribution < 1.29 is 4.79 Å². The summed E-state index contributed by atoms with van der Waals surface area (Å²) in [4.78, 5) is 15.4. The van der Waals surface area contributed by atoms with Crippen LogP contribution in [0.25, 0.3) is 11.3 Å². The van der Waals surface area contributed by atoms with Gasteiger partial charge in [0.25, 0.3) is 0 Å². The lowest BCUT2D eigenvalue weighted by atomic mass is 10.1. The van der Waals surface area contributed by atoms with Crippen LogP contribution in [0.4, 0.5) is 0 Å². The number of Topliss-reactive ketones (excluding diaryl/α,β-unsaturated/α-hetero) is 1. The minimum absolute atomic E-state index is 0.0673. The number of carbonyl (C=O) groups is 1. The first-order valence-electron chi connectivity index (χ1n) is 4.80. The molecule has 0 amide bonds. The Morgan fingerprint density at radius 3 is 3.07 bits per heavy atom. The van der Waals surface area contributed by atoms with Crippen molar-refractivity contribution >= 4 is 5.78 Å². The Balaban J connectivity index is 2.32. The maximum atomic E-state index is 11.4. The van der Waals surface area contributed by atoms with Crippen molar-refractivity contribution in [1.29, 1.82) is 0 Å². The standard InChI is InChI=1S/C11H11N3O/c1-2-11(15)10-6-9(13-14-10)8-4-3-5-12-7-8/h3-7H,2H2,1H3,(H,13,14). The highest BCUT2D eigenvalue weighted by molar-refractivity contribution is 5.94. The molecule has 2 aromatic rings. The molecule has 0 aromatic carbocycles. The van der Waals surface area contributed by atoms with Gasteiger partial charge < -0.3 is 0 Å². The first kappa shape index (κ1) is 9.58. The highest BCUT2D eigenvalue weighted by atomic mass is 16.1. The largest absolute Gasteiger partial charge is 0.292 e. The number of H-pyrrole nitrogens is 1. The molecule has 1 N–H and O–H groups in total. The van der Waals surface area contributed by atoms with Gasteiger partial charge in [-0.25, -0.2) is 0 Å². The Morgan fingerprint density at radius 1 is 1.53 bits per heavy atom. The van der Waals surface area contributed by atoms with E-state index in [0.717, 1.165) is 11.3 Å². The lowest BCUT2D eigenvalue weighted by Gasteiger charge is -1.91. The molecule has 2 aromatic heterocycles. The number of pyridine rings is 1. The number of ketones is 1. The molecule has 2 rings (SSSR count). The first-order chi connectivity index (χ1) is 7.31. The predicted octanol–water partition coefficient (Wildman–Crippen LogP) is 2.06. The summed E-state index contributed by atoms with van der Waals surface area (Å²) < 4.78 is 0. The molecule has 0 bridgehead atoms. The fourth-order valence-corrected chi connectivity index (χ4v) is 1.32. The Bertz CT molecular complexity index is 462. The van der Waals surface area contributed by atoms with Gasteiger partial charge in [0.15, 0.2) is 5.78 Å². The van der Waals surface area contributed by atoms with Crippen LogP contribution in [0.1, 0.15) is 23.8 Å². The highest BCUT2D eigenvalue weighted by Gasteiger charge is 2.08. The summed E-state index contributed by atoms with van der Waals surface area (Å²) in [5, 5.41) is 6.80. The molecule has 0 atom stereocenters. The molecular formula is C11H11N3O. The van der Waals surface area contributed by atoms with Crippen LogP contribution in [0.3, 0.4) is 0 Å². The van der Waals surface area contributed by atoms with Gasteiger partial charge in [-0.2, -0.15) is 5.10 Å². The van der Waals surface area contributed by atoms with Crippen LogP contribution in [-0.2, 0) is 0 Å². The molecule has 0 aliphatic heterocycles. The van der Waals surface area contributed by atoms with E-state index in [4.69, 9.17) is 0 Å². The fraction of sp³-hybridized carbons (Fsp3) is 0.182. The second kappa shape index (κ2) is 4.04. The lowest BCUT2D eigenvalue weighted by Crippen LogP contribution is -1.95. The number of aromatic amines is 1. The molecule has 0 fully saturated rings. The van der Waals surface area contributed by atoms with Crippen molar-refractivity contribution in [3.8, 4) is 11.3 Å². The quantitative estimate of drug-likeness (QED) is 0.773. The average Bonchev–Trinajstić information content (AvgIpc) is 2.78. The van der Waals surface area contributed by atoms with Gasteiger partial charge in [0.1, 0.15) is 5.69 Å². The molecule has 15 heavy (non-hydrogen) atoms. The van der Waals surface area contributed by atoms with Crippen molar-refractivity contribution in [1.82, 2.24) is 15.2 Å². The zero-order chi connectivity index (χ0) is 10.7. The normalized spacial score (nSPS) is 10.2. The number of nitrogens with one attached hydrogen (secondary N) is 1. The summed E-state index contributed by atoms with van der Waals surface area (Å²) in [6.07, 6.45) is 3.90. The minimum atomic E-state index is 0.0673. The third-order valence-corrected chi connectivity index (χ3v) is 2.16. The molecule has 4 heteroatoms. The smallest absolute Gasteiger partial charge is 0.180 e. The molecule has 0 unspecified atom stereocenters. The van der Waals surface area contributed by atoms with Crippen molar-refractivity contribution in [3.63, 3.8) is 0 Å². The van der Waals surface area contributed by atoms with E-state index in [0.29, 0.717) is 12.1 Å². The maximum absolute atomic E-state index is 11.4. The SMILES string of the molecule is CCC(=O)c1cc(-c2cccnc2)n[nH]1. The minimum Gasteiger partial charge on any atom is -0.292 e. The maximum Gasteiger partial charge on any atom is 0.180 e. The number of carbonyl (C=O) groups excluding carboxylic acids is 1. The summed E-state index contributed by atoms with van der Waals surface area (Å²) >= 11 is 0. The molecule has 2 heterocycles. The lowest BCUT2D eigenvalue weighted by molar-refractivity contribution is 0.0983. The monoisotopic (exact) mass is 201 g/mol. The van der Waals surface area contributed by atoms with Gasteiger partial charge in [-0.15, -0.1) is 0 Å². The van der Waals surface area contributed by atoms with Gasteiger partial charge >= 0.3 is 0 Å². The van der Waals surface area contributed by atoms with E-state index in [9.17, 15) is 4.79 Å². The third-order valence-electron chi connectivity index (χ3n) is 2.16. The molecule has 0 saturated heterocycles. The second-order valence-corrected chi connectivity index (χ2v) is 3.19. The predicted molar refractivity (Wildman–Crippen MR) is 56.4 cm³/mol. The van der Waals surface area contributed by atoms with Crippen LogP contribution in [0.5, 0.6) is 0 Å². The number of aromatic nitrogens is 3. The summed E-state index contributed by atoms with van der Waals surface area (Å²) in [6, 6.07) is 5.50. The number of rotatable bonds is 3. The summed E-state index contributed by atoms with van der Waals surface area (Å²) in [6.45, 7) is 1.83. The van der Waals surface area contributed by atoms with E-state index in [-0.39, 0.29) is 5.78 Å². The third kappa shape index (κ3) is 1.93. The zero-order valence-corrected chi connectivity index (χ0v) is 8.40. The fourth-order valence-electron chi connectivity index (χ4n) is 1.32. The van der Waals surface area contributed by atoms with Gasteiger partial charge in [0.2, 0.25) is 0 Å². The first-order valence-corrected chi connectivity index (χ1v) is 4.80. The number of hydrogen-bond acceptors (Lipinski definition) is 3. The zero-order valence-electron chi connectivity index (χ0n) is 8.40. The molecule has 0 aliphatic carbocycles.